The van der Waals surface area contributed by atoms with Crippen molar-refractivity contribution in [2.24, 2.45) is 0 Å². The predicted octanol–water partition coefficient (Wildman–Crippen LogP) is 1.98. The van der Waals surface area contributed by atoms with E-state index in [1.54, 1.807) is 31.2 Å². The highest BCUT2D eigenvalue weighted by Crippen LogP contribution is 2.32. The van der Waals surface area contributed by atoms with Gasteiger partial charge < -0.3 is 14.6 Å². The van der Waals surface area contributed by atoms with Gasteiger partial charge in [0.2, 0.25) is 5.41 Å². The first-order chi connectivity index (χ1) is 9.00. The summed E-state index contributed by atoms with van der Waals surface area (Å²) >= 11 is 3.26. The maximum Gasteiger partial charge on any atom is 0.330 e. The molecule has 0 aliphatic rings. The Labute approximate surface area is 119 Å². The molecule has 6 heteroatoms. The molecule has 0 radical (unpaired) electrons. The topological polar surface area (TPSA) is 72.8 Å². The number of carbonyl (C=O) groups excluding carboxylic acids is 1. The molecule has 104 valence electrons. The molecule has 1 rings (SSSR count). The predicted molar refractivity (Wildman–Crippen MR) is 72.0 cm³/mol. The summed E-state index contributed by atoms with van der Waals surface area (Å²) in [4.78, 5) is 23.8. The number of benzene rings is 1. The number of esters is 1. The molecule has 0 aromatic heterocycles. The second kappa shape index (κ2) is 6.68. The van der Waals surface area contributed by atoms with E-state index in [2.05, 4.69) is 15.9 Å². The maximum atomic E-state index is 12.1. The van der Waals surface area contributed by atoms with Crippen LogP contribution < -0.4 is 0 Å². The van der Waals surface area contributed by atoms with Crippen molar-refractivity contribution in [1.29, 1.82) is 0 Å². The van der Waals surface area contributed by atoms with E-state index < -0.39 is 17.4 Å². The maximum absolute atomic E-state index is 12.1. The Bertz CT molecular complexity index is 474. The third-order valence-corrected chi connectivity index (χ3v) is 3.37. The average Bonchev–Trinajstić information content (AvgIpc) is 2.36. The molecule has 0 aliphatic carbocycles. The van der Waals surface area contributed by atoms with E-state index in [-0.39, 0.29) is 13.2 Å². The third-order valence-electron chi connectivity index (χ3n) is 2.68. The van der Waals surface area contributed by atoms with E-state index >= 15 is 0 Å². The summed E-state index contributed by atoms with van der Waals surface area (Å²) in [7, 11) is 1.34. The molecule has 1 aromatic rings. The van der Waals surface area contributed by atoms with Crippen molar-refractivity contribution in [2.75, 3.05) is 20.3 Å². The van der Waals surface area contributed by atoms with E-state index in [1.165, 1.54) is 7.11 Å². The lowest BCUT2D eigenvalue weighted by molar-refractivity contribution is -0.164. The Morgan fingerprint density at radius 1 is 1.37 bits per heavy atom. The van der Waals surface area contributed by atoms with Crippen LogP contribution in [0.15, 0.2) is 28.7 Å². The molecule has 1 atom stereocenters. The summed E-state index contributed by atoms with van der Waals surface area (Å²) < 4.78 is 10.4. The van der Waals surface area contributed by atoms with Gasteiger partial charge in [-0.3, -0.25) is 9.59 Å². The first kappa shape index (κ1) is 15.7. The number of methoxy groups -OCH3 is 1. The highest BCUT2D eigenvalue weighted by Gasteiger charge is 2.50. The van der Waals surface area contributed by atoms with Crippen LogP contribution in [0.3, 0.4) is 0 Å². The number of carboxylic acid groups (broad SMARTS) is 1. The fourth-order valence-electron chi connectivity index (χ4n) is 1.79. The minimum Gasteiger partial charge on any atom is -0.480 e. The molecule has 1 aromatic carbocycles. The molecule has 0 heterocycles. The van der Waals surface area contributed by atoms with Gasteiger partial charge in [0.1, 0.15) is 0 Å². The monoisotopic (exact) mass is 330 g/mol. The molecule has 19 heavy (non-hydrogen) atoms. The minimum atomic E-state index is -1.87. The summed E-state index contributed by atoms with van der Waals surface area (Å²) in [6.07, 6.45) is 0. The van der Waals surface area contributed by atoms with Crippen LogP contribution >= 0.6 is 15.9 Å². The smallest absolute Gasteiger partial charge is 0.330 e. The lowest BCUT2D eigenvalue weighted by Gasteiger charge is -2.27. The number of carbonyl (C=O) groups is 2. The molecule has 0 spiro atoms. The van der Waals surface area contributed by atoms with E-state index in [0.717, 1.165) is 0 Å². The summed E-state index contributed by atoms with van der Waals surface area (Å²) in [5.41, 5.74) is -1.56. The fourth-order valence-corrected chi connectivity index (χ4v) is 2.41. The van der Waals surface area contributed by atoms with Gasteiger partial charge in [0.05, 0.1) is 13.2 Å². The van der Waals surface area contributed by atoms with Crippen molar-refractivity contribution in [3.05, 3.63) is 34.3 Å². The minimum absolute atomic E-state index is 0.0992. The van der Waals surface area contributed by atoms with Gasteiger partial charge >= 0.3 is 11.9 Å². The molecule has 0 fully saturated rings. The molecule has 1 N–H and O–H groups in total. The summed E-state index contributed by atoms with van der Waals surface area (Å²) in [5, 5.41) is 9.53. The lowest BCUT2D eigenvalue weighted by Crippen LogP contribution is -2.49. The molecule has 5 nitrogen and oxygen atoms in total. The lowest BCUT2D eigenvalue weighted by atomic mass is 9.81. The highest BCUT2D eigenvalue weighted by molar-refractivity contribution is 9.10. The van der Waals surface area contributed by atoms with Crippen LogP contribution in [-0.2, 0) is 24.5 Å². The zero-order chi connectivity index (χ0) is 14.5. The SMILES string of the molecule is CCOC(=O)C(COC)(C(=O)O)c1ccccc1Br. The van der Waals surface area contributed by atoms with E-state index in [0.29, 0.717) is 10.0 Å². The number of hydrogen-bond donors (Lipinski definition) is 1. The quantitative estimate of drug-likeness (QED) is 0.637. The second-order valence-corrected chi connectivity index (χ2v) is 4.70. The van der Waals surface area contributed by atoms with Crippen molar-refractivity contribution in [3.8, 4) is 0 Å². The van der Waals surface area contributed by atoms with Crippen molar-refractivity contribution < 1.29 is 24.2 Å². The van der Waals surface area contributed by atoms with Gasteiger partial charge in [-0.2, -0.15) is 0 Å². The zero-order valence-electron chi connectivity index (χ0n) is 10.7. The van der Waals surface area contributed by atoms with Gasteiger partial charge in [0.15, 0.2) is 0 Å². The molecule has 0 aliphatic heterocycles. The van der Waals surface area contributed by atoms with Crippen LogP contribution in [0.5, 0.6) is 0 Å². The Hall–Kier alpha value is -1.40. The molecule has 0 bridgehead atoms. The molecular weight excluding hydrogens is 316 g/mol. The standard InChI is InChI=1S/C13H15BrO5/c1-3-19-12(17)13(8-18-2,11(15)16)9-6-4-5-7-10(9)14/h4-7H,3,8H2,1-2H3,(H,15,16). The number of hydrogen-bond acceptors (Lipinski definition) is 4. The van der Waals surface area contributed by atoms with Crippen LogP contribution in [0.25, 0.3) is 0 Å². The van der Waals surface area contributed by atoms with Crippen LogP contribution in [0.1, 0.15) is 12.5 Å². The summed E-state index contributed by atoms with van der Waals surface area (Å²) in [6, 6.07) is 6.63. The molecule has 1 unspecified atom stereocenters. The van der Waals surface area contributed by atoms with Crippen molar-refractivity contribution in [3.63, 3.8) is 0 Å². The van der Waals surface area contributed by atoms with Crippen LogP contribution in [0.4, 0.5) is 0 Å². The normalized spacial score (nSPS) is 13.6. The van der Waals surface area contributed by atoms with Crippen LogP contribution in [0.2, 0.25) is 0 Å². The number of carboxylic acids is 1. The molecule has 0 amide bonds. The molecular formula is C13H15BrO5. The largest absolute Gasteiger partial charge is 0.480 e. The molecule has 0 saturated carbocycles. The first-order valence-corrected chi connectivity index (χ1v) is 6.44. The van der Waals surface area contributed by atoms with Crippen molar-refractivity contribution in [1.82, 2.24) is 0 Å². The van der Waals surface area contributed by atoms with Crippen LogP contribution in [-0.4, -0.2) is 37.4 Å². The third kappa shape index (κ3) is 2.96. The fraction of sp³-hybridized carbons (Fsp3) is 0.385. The summed E-state index contributed by atoms with van der Waals surface area (Å²) in [5.74, 6) is -2.14. The van der Waals surface area contributed by atoms with E-state index in [1.807, 2.05) is 0 Å². The number of halogens is 1. The zero-order valence-corrected chi connectivity index (χ0v) is 12.3. The van der Waals surface area contributed by atoms with Crippen molar-refractivity contribution >= 4 is 27.9 Å². The van der Waals surface area contributed by atoms with Gasteiger partial charge in [0.25, 0.3) is 0 Å². The number of rotatable bonds is 6. The van der Waals surface area contributed by atoms with Gasteiger partial charge in [0, 0.05) is 11.6 Å². The Morgan fingerprint density at radius 2 is 2.00 bits per heavy atom. The Morgan fingerprint density at radius 3 is 2.47 bits per heavy atom. The average molecular weight is 331 g/mol. The first-order valence-electron chi connectivity index (χ1n) is 5.65. The number of aliphatic carboxylic acids is 1. The highest BCUT2D eigenvalue weighted by atomic mass is 79.9. The van der Waals surface area contributed by atoms with Crippen molar-refractivity contribution in [2.45, 2.75) is 12.3 Å². The van der Waals surface area contributed by atoms with Gasteiger partial charge in [-0.25, -0.2) is 0 Å². The van der Waals surface area contributed by atoms with Gasteiger partial charge in [-0.15, -0.1) is 0 Å². The summed E-state index contributed by atoms with van der Waals surface area (Å²) in [6.45, 7) is 1.42. The van der Waals surface area contributed by atoms with E-state index in [9.17, 15) is 14.7 Å². The number of ether oxygens (including phenoxy) is 2. The Balaban J connectivity index is 3.44. The Kier molecular flexibility index (Phi) is 5.50. The second-order valence-electron chi connectivity index (χ2n) is 3.84. The molecule has 0 saturated heterocycles. The van der Waals surface area contributed by atoms with Crippen LogP contribution in [0, 0.1) is 0 Å². The van der Waals surface area contributed by atoms with E-state index in [4.69, 9.17) is 9.47 Å². The van der Waals surface area contributed by atoms with Gasteiger partial charge in [-0.05, 0) is 18.6 Å². The van der Waals surface area contributed by atoms with Gasteiger partial charge in [-0.1, -0.05) is 34.1 Å².